The molecule has 2 fully saturated rings. The molecule has 0 saturated carbocycles. The minimum atomic E-state index is -0.751. The van der Waals surface area contributed by atoms with Crippen molar-refractivity contribution in [3.05, 3.63) is 95.1 Å². The number of aliphatic imine (C=N–C) groups is 2. The average Bonchev–Trinajstić information content (AvgIpc) is 4.21. The van der Waals surface area contributed by atoms with E-state index >= 15 is 4.39 Å². The van der Waals surface area contributed by atoms with Gasteiger partial charge in [-0.1, -0.05) is 45.9 Å². The lowest BCUT2D eigenvalue weighted by molar-refractivity contribution is -0.134. The molecule has 4 amide bonds. The van der Waals surface area contributed by atoms with E-state index in [2.05, 4.69) is 59.4 Å². The second-order valence-electron chi connectivity index (χ2n) is 20.9. The highest BCUT2D eigenvalue weighted by Gasteiger charge is 2.41. The van der Waals surface area contributed by atoms with Crippen LogP contribution in [0.3, 0.4) is 0 Å². The highest BCUT2D eigenvalue weighted by atomic mass is 19.1. The number of fused-ring (bicyclic) bond motifs is 6. The summed E-state index contributed by atoms with van der Waals surface area (Å²) in [4.78, 5) is 65.5. The zero-order valence-electron chi connectivity index (χ0n) is 41.6. The highest BCUT2D eigenvalue weighted by Crippen LogP contribution is 2.49. The monoisotopic (exact) mass is 967 g/mol. The van der Waals surface area contributed by atoms with Gasteiger partial charge in [0.25, 0.3) is 0 Å². The van der Waals surface area contributed by atoms with Crippen molar-refractivity contribution in [2.24, 2.45) is 21.8 Å². The number of benzene rings is 3. The first-order valence-corrected chi connectivity index (χ1v) is 24.8. The number of allylic oxidation sites excluding steroid dienone is 2. The van der Waals surface area contributed by atoms with Crippen LogP contribution in [-0.2, 0) is 25.5 Å². The van der Waals surface area contributed by atoms with Crippen LogP contribution in [0.1, 0.15) is 109 Å². The molecule has 2 saturated heterocycles. The van der Waals surface area contributed by atoms with E-state index in [-0.39, 0.29) is 41.3 Å². The number of amides is 4. The molecule has 2 N–H and O–H groups in total. The molecule has 1 aromatic heterocycles. The Balaban J connectivity index is 0.937. The average molecular weight is 968 g/mol. The fourth-order valence-corrected chi connectivity index (χ4v) is 11.3. The molecule has 6 aliphatic heterocycles. The lowest BCUT2D eigenvalue weighted by atomic mass is 9.95. The SMILES string of the molecule is COC(=O)N[C@H](C(=O)N1CCC[C@H]1C1=NC=C(c2cc(F)c3c(c2)OC(c2ccc4c(c2)OC(C)(C)C4)n2c-3cc3cc(C4=CN=C([C@@H]5CCCN5C(=O)[C@@H](NC(=O)OC)C(C)C)C4)ccc32)C1)C(C)C. The molecule has 16 heteroatoms. The van der Waals surface area contributed by atoms with Gasteiger partial charge in [-0.2, -0.15) is 0 Å². The molecule has 71 heavy (non-hydrogen) atoms. The van der Waals surface area contributed by atoms with Gasteiger partial charge >= 0.3 is 12.2 Å². The summed E-state index contributed by atoms with van der Waals surface area (Å²) in [6.45, 7) is 12.8. The topological polar surface area (TPSA) is 165 Å². The maximum atomic E-state index is 17.1. The Morgan fingerprint density at radius 1 is 0.746 bits per heavy atom. The summed E-state index contributed by atoms with van der Waals surface area (Å²) >= 11 is 0. The van der Waals surface area contributed by atoms with Gasteiger partial charge in [0, 0.05) is 67.1 Å². The lowest BCUT2D eigenvalue weighted by Crippen LogP contribution is -2.53. The Morgan fingerprint density at radius 3 is 1.92 bits per heavy atom. The lowest BCUT2D eigenvalue weighted by Gasteiger charge is -2.31. The third kappa shape index (κ3) is 8.83. The van der Waals surface area contributed by atoms with Crippen LogP contribution in [0.25, 0.3) is 33.3 Å². The van der Waals surface area contributed by atoms with Crippen LogP contribution in [-0.4, -0.2) is 107 Å². The summed E-state index contributed by atoms with van der Waals surface area (Å²) < 4.78 is 42.2. The summed E-state index contributed by atoms with van der Waals surface area (Å²) in [5.41, 5.74) is 8.66. The summed E-state index contributed by atoms with van der Waals surface area (Å²) in [5, 5.41) is 6.34. The predicted octanol–water partition coefficient (Wildman–Crippen LogP) is 9.21. The zero-order chi connectivity index (χ0) is 50.0. The molecule has 10 rings (SSSR count). The van der Waals surface area contributed by atoms with Crippen molar-refractivity contribution in [3.63, 3.8) is 0 Å². The number of carbonyl (C=O) groups excluding carboxylic acids is 4. The van der Waals surface area contributed by atoms with Crippen molar-refractivity contribution >= 4 is 57.5 Å². The Morgan fingerprint density at radius 2 is 1.34 bits per heavy atom. The van der Waals surface area contributed by atoms with Gasteiger partial charge in [0.15, 0.2) is 0 Å². The number of nitrogens with one attached hydrogen (secondary N) is 2. The summed E-state index contributed by atoms with van der Waals surface area (Å²) in [6, 6.07) is 16.0. The molecule has 372 valence electrons. The number of nitrogens with zero attached hydrogens (tertiary/aromatic N) is 5. The Labute approximate surface area is 413 Å². The standard InChI is InChI=1S/C55H62FN7O8/c1-29(2)48(59-53(66)68-7)50(64)61-17-9-11-42(61)39-21-36(27-57-39)31-15-16-41-35(19-31)23-44-47-38(56)20-34(25-46(47)70-52(63(41)44)32-13-14-33-26-55(5,6)71-45(33)24-32)37-22-40(58-28-37)43-12-10-18-62(43)51(65)49(30(3)4)60-54(67)69-8/h13-16,19-20,23-25,27-30,42-43,48-49,52H,9-12,17-18,21-22,26H2,1-8H3,(H,59,66)(H,60,67)/t42-,43-,48-,49-,52?/m0/s1. The normalized spacial score (nSPS) is 21.6. The van der Waals surface area contributed by atoms with E-state index in [0.717, 1.165) is 88.0 Å². The Hall–Kier alpha value is -6.97. The van der Waals surface area contributed by atoms with Gasteiger partial charge in [0.2, 0.25) is 18.0 Å². The van der Waals surface area contributed by atoms with Crippen molar-refractivity contribution in [3.8, 4) is 22.8 Å². The molecule has 5 atom stereocenters. The molecular formula is C55H62FN7O8. The Bertz CT molecular complexity index is 2990. The van der Waals surface area contributed by atoms with Crippen LogP contribution in [0.15, 0.2) is 77.0 Å². The summed E-state index contributed by atoms with van der Waals surface area (Å²) in [6.07, 6.45) is 6.58. The molecular weight excluding hydrogens is 906 g/mol. The Kier molecular flexibility index (Phi) is 12.5. The van der Waals surface area contributed by atoms with Crippen LogP contribution in [0.2, 0.25) is 0 Å². The first-order chi connectivity index (χ1) is 34.0. The van der Waals surface area contributed by atoms with Gasteiger partial charge in [-0.15, -0.1) is 0 Å². The molecule has 15 nitrogen and oxygen atoms in total. The number of hydrogen-bond acceptors (Lipinski definition) is 10. The van der Waals surface area contributed by atoms with Crippen LogP contribution < -0.4 is 20.1 Å². The number of alkyl carbamates (subject to hydrolysis) is 2. The predicted molar refractivity (Wildman–Crippen MR) is 269 cm³/mol. The first-order valence-electron chi connectivity index (χ1n) is 24.8. The number of likely N-dealkylation sites (tertiary alicyclic amines) is 2. The smallest absolute Gasteiger partial charge is 0.407 e. The number of halogens is 1. The van der Waals surface area contributed by atoms with Gasteiger partial charge in [0.1, 0.15) is 35.0 Å². The van der Waals surface area contributed by atoms with Gasteiger partial charge in [-0.25, -0.2) is 14.0 Å². The van der Waals surface area contributed by atoms with Crippen LogP contribution in [0.5, 0.6) is 11.5 Å². The van der Waals surface area contributed by atoms with E-state index in [1.54, 1.807) is 17.2 Å². The molecule has 6 aliphatic rings. The van der Waals surface area contributed by atoms with E-state index in [0.29, 0.717) is 48.5 Å². The number of ether oxygens (including phenoxy) is 4. The quantitative estimate of drug-likeness (QED) is 0.150. The molecule has 0 spiro atoms. The minimum absolute atomic E-state index is 0.137. The minimum Gasteiger partial charge on any atom is -0.487 e. The van der Waals surface area contributed by atoms with E-state index in [9.17, 15) is 19.2 Å². The number of aromatic nitrogens is 1. The molecule has 7 heterocycles. The molecule has 0 aliphatic carbocycles. The van der Waals surface area contributed by atoms with Crippen molar-refractivity contribution in [2.45, 2.75) is 122 Å². The van der Waals surface area contributed by atoms with Crippen molar-refractivity contribution < 1.29 is 42.5 Å². The third-order valence-electron chi connectivity index (χ3n) is 14.9. The maximum absolute atomic E-state index is 17.1. The fourth-order valence-electron chi connectivity index (χ4n) is 11.3. The molecule has 0 radical (unpaired) electrons. The second-order valence-corrected chi connectivity index (χ2v) is 20.9. The van der Waals surface area contributed by atoms with Gasteiger partial charge < -0.3 is 43.9 Å². The van der Waals surface area contributed by atoms with E-state index in [4.69, 9.17) is 28.9 Å². The van der Waals surface area contributed by atoms with Gasteiger partial charge in [-0.05, 0) is 116 Å². The fraction of sp³-hybridized carbons (Fsp3) is 0.455. The van der Waals surface area contributed by atoms with E-state index in [1.807, 2.05) is 57.0 Å². The van der Waals surface area contributed by atoms with Crippen LogP contribution in [0.4, 0.5) is 14.0 Å². The number of hydrogen-bond donors (Lipinski definition) is 2. The van der Waals surface area contributed by atoms with Crippen LogP contribution in [0, 0.1) is 17.7 Å². The van der Waals surface area contributed by atoms with Crippen molar-refractivity contribution in [1.82, 2.24) is 25.0 Å². The third-order valence-corrected chi connectivity index (χ3v) is 14.9. The number of methoxy groups -OCH3 is 2. The first kappa shape index (κ1) is 47.7. The maximum Gasteiger partial charge on any atom is 0.407 e. The van der Waals surface area contributed by atoms with E-state index in [1.165, 1.54) is 14.2 Å². The largest absolute Gasteiger partial charge is 0.487 e. The van der Waals surface area contributed by atoms with Crippen molar-refractivity contribution in [1.29, 1.82) is 0 Å². The molecule has 0 bridgehead atoms. The molecule has 3 aromatic carbocycles. The van der Waals surface area contributed by atoms with Gasteiger partial charge in [0.05, 0.1) is 43.1 Å². The summed E-state index contributed by atoms with van der Waals surface area (Å²) in [5.74, 6) is 0.141. The second kappa shape index (κ2) is 18.7. The van der Waals surface area contributed by atoms with Crippen LogP contribution >= 0.6 is 0 Å². The number of carbonyl (C=O) groups is 4. The van der Waals surface area contributed by atoms with Gasteiger partial charge in [-0.3, -0.25) is 19.6 Å². The number of rotatable bonds is 11. The molecule has 1 unspecified atom stereocenters. The van der Waals surface area contributed by atoms with E-state index < -0.39 is 36.3 Å². The van der Waals surface area contributed by atoms with Crippen molar-refractivity contribution in [2.75, 3.05) is 27.3 Å². The zero-order valence-corrected chi connectivity index (χ0v) is 41.6. The highest BCUT2D eigenvalue weighted by molar-refractivity contribution is 6.06. The molecule has 4 aromatic rings. The summed E-state index contributed by atoms with van der Waals surface area (Å²) in [7, 11) is 2.57.